The molecular weight excluding hydrogens is 306 g/mol. The number of hydrogen-bond acceptors (Lipinski definition) is 3. The molecule has 0 spiro atoms. The van der Waals surface area contributed by atoms with Crippen LogP contribution in [0.25, 0.3) is 0 Å². The number of carboxylic acid groups (broad SMARTS) is 1. The van der Waals surface area contributed by atoms with Gasteiger partial charge in [-0.2, -0.15) is 0 Å². The van der Waals surface area contributed by atoms with Crippen LogP contribution in [0.15, 0.2) is 18.2 Å². The van der Waals surface area contributed by atoms with Gasteiger partial charge in [0.1, 0.15) is 5.75 Å². The maximum Gasteiger partial charge on any atom is 0.308 e. The van der Waals surface area contributed by atoms with E-state index in [-0.39, 0.29) is 12.3 Å². The van der Waals surface area contributed by atoms with Crippen LogP contribution in [0.5, 0.6) is 5.75 Å². The second kappa shape index (κ2) is 7.49. The van der Waals surface area contributed by atoms with Gasteiger partial charge >= 0.3 is 5.97 Å². The van der Waals surface area contributed by atoms with E-state index in [2.05, 4.69) is 0 Å². The lowest BCUT2D eigenvalue weighted by Gasteiger charge is -2.30. The Hall–Kier alpha value is -1.75. The minimum atomic E-state index is -0.832. The summed E-state index contributed by atoms with van der Waals surface area (Å²) in [5, 5.41) is 9.56. The van der Waals surface area contributed by atoms with Gasteiger partial charge in [-0.25, -0.2) is 0 Å². The first-order valence-electron chi connectivity index (χ1n) is 7.43. The number of aliphatic carboxylic acids is 1. The predicted octanol–water partition coefficient (Wildman–Crippen LogP) is 2.60. The van der Waals surface area contributed by atoms with Gasteiger partial charge in [0.05, 0.1) is 24.0 Å². The molecule has 1 unspecified atom stereocenters. The topological polar surface area (TPSA) is 66.8 Å². The van der Waals surface area contributed by atoms with Gasteiger partial charge in [0.15, 0.2) is 0 Å². The minimum Gasteiger partial charge on any atom is -0.492 e. The Kier molecular flexibility index (Phi) is 5.66. The highest BCUT2D eigenvalue weighted by Gasteiger charge is 2.28. The average Bonchev–Trinajstić information content (AvgIpc) is 2.50. The standard InChI is InChI=1S/C16H20ClNO4/c1-2-22-14-6-5-11(8-13(14)17)9-15(19)18-7-3-4-12(10-18)16(20)21/h5-6,8,12H,2-4,7,9-10H2,1H3,(H,20,21). The maximum atomic E-state index is 12.3. The van der Waals surface area contributed by atoms with Crippen molar-refractivity contribution in [3.63, 3.8) is 0 Å². The number of ether oxygens (including phenoxy) is 1. The fourth-order valence-corrected chi connectivity index (χ4v) is 2.88. The molecule has 6 heteroatoms. The van der Waals surface area contributed by atoms with Gasteiger partial charge in [-0.1, -0.05) is 17.7 Å². The average molecular weight is 326 g/mol. The number of hydrogen-bond donors (Lipinski definition) is 1. The van der Waals surface area contributed by atoms with Crippen molar-refractivity contribution in [1.82, 2.24) is 4.90 Å². The largest absolute Gasteiger partial charge is 0.492 e. The molecule has 5 nitrogen and oxygen atoms in total. The Morgan fingerprint density at radius 2 is 2.23 bits per heavy atom. The smallest absolute Gasteiger partial charge is 0.308 e. The molecule has 1 aromatic rings. The minimum absolute atomic E-state index is 0.0637. The van der Waals surface area contributed by atoms with Crippen molar-refractivity contribution in [3.05, 3.63) is 28.8 Å². The second-order valence-electron chi connectivity index (χ2n) is 5.39. The SMILES string of the molecule is CCOc1ccc(CC(=O)N2CCCC(C(=O)O)C2)cc1Cl. The molecule has 1 aliphatic rings. The van der Waals surface area contributed by atoms with Crippen molar-refractivity contribution in [2.45, 2.75) is 26.2 Å². The zero-order valence-corrected chi connectivity index (χ0v) is 13.3. The number of benzene rings is 1. The molecule has 0 radical (unpaired) electrons. The first kappa shape index (κ1) is 16.6. The number of carbonyl (C=O) groups excluding carboxylic acids is 1. The van der Waals surface area contributed by atoms with Gasteiger partial charge in [0.2, 0.25) is 5.91 Å². The summed E-state index contributed by atoms with van der Waals surface area (Å²) in [6.45, 7) is 3.32. The molecular formula is C16H20ClNO4. The van der Waals surface area contributed by atoms with Gasteiger partial charge in [0.25, 0.3) is 0 Å². The van der Waals surface area contributed by atoms with E-state index >= 15 is 0 Å². The molecule has 1 amide bonds. The molecule has 0 saturated carbocycles. The maximum absolute atomic E-state index is 12.3. The van der Waals surface area contributed by atoms with Crippen molar-refractivity contribution in [1.29, 1.82) is 0 Å². The Balaban J connectivity index is 1.99. The highest BCUT2D eigenvalue weighted by atomic mass is 35.5. The van der Waals surface area contributed by atoms with E-state index in [0.29, 0.717) is 36.9 Å². The van der Waals surface area contributed by atoms with E-state index in [4.69, 9.17) is 21.4 Å². The van der Waals surface area contributed by atoms with E-state index in [1.54, 1.807) is 17.0 Å². The van der Waals surface area contributed by atoms with Crippen molar-refractivity contribution in [2.24, 2.45) is 5.92 Å². The molecule has 1 N–H and O–H groups in total. The van der Waals surface area contributed by atoms with Crippen molar-refractivity contribution >= 4 is 23.5 Å². The molecule has 1 atom stereocenters. The Morgan fingerprint density at radius 1 is 1.45 bits per heavy atom. The molecule has 1 saturated heterocycles. The zero-order valence-electron chi connectivity index (χ0n) is 12.5. The molecule has 0 aliphatic carbocycles. The van der Waals surface area contributed by atoms with Crippen molar-refractivity contribution in [2.75, 3.05) is 19.7 Å². The summed E-state index contributed by atoms with van der Waals surface area (Å²) in [5.41, 5.74) is 0.802. The highest BCUT2D eigenvalue weighted by Crippen LogP contribution is 2.26. The quantitative estimate of drug-likeness (QED) is 0.903. The molecule has 0 aromatic heterocycles. The number of nitrogens with zero attached hydrogens (tertiary/aromatic N) is 1. The third kappa shape index (κ3) is 4.13. The Morgan fingerprint density at radius 3 is 2.86 bits per heavy atom. The van der Waals surface area contributed by atoms with Crippen LogP contribution in [-0.2, 0) is 16.0 Å². The monoisotopic (exact) mass is 325 g/mol. The van der Waals surface area contributed by atoms with Crippen LogP contribution in [-0.4, -0.2) is 41.6 Å². The van der Waals surface area contributed by atoms with E-state index < -0.39 is 11.9 Å². The summed E-state index contributed by atoms with van der Waals surface area (Å²) < 4.78 is 5.36. The lowest BCUT2D eigenvalue weighted by molar-refractivity contribution is -0.145. The summed E-state index contributed by atoms with van der Waals surface area (Å²) in [6.07, 6.45) is 1.58. The molecule has 2 rings (SSSR count). The van der Waals surface area contributed by atoms with Crippen LogP contribution < -0.4 is 4.74 Å². The van der Waals surface area contributed by atoms with Gasteiger partial charge in [-0.05, 0) is 37.5 Å². The second-order valence-corrected chi connectivity index (χ2v) is 5.80. The number of rotatable bonds is 5. The van der Waals surface area contributed by atoms with Crippen LogP contribution in [0.1, 0.15) is 25.3 Å². The number of amides is 1. The summed E-state index contributed by atoms with van der Waals surface area (Å²) in [5.74, 6) is -0.751. The first-order chi connectivity index (χ1) is 10.5. The summed E-state index contributed by atoms with van der Waals surface area (Å²) >= 11 is 6.11. The number of carbonyl (C=O) groups is 2. The fraction of sp³-hybridized carbons (Fsp3) is 0.500. The van der Waals surface area contributed by atoms with Crippen LogP contribution in [0, 0.1) is 5.92 Å². The summed E-state index contributed by atoms with van der Waals surface area (Å²) in [6, 6.07) is 5.29. The Bertz CT molecular complexity index is 561. The molecule has 1 fully saturated rings. The van der Waals surface area contributed by atoms with Gasteiger partial charge < -0.3 is 14.7 Å². The van der Waals surface area contributed by atoms with Gasteiger partial charge in [-0.15, -0.1) is 0 Å². The molecule has 1 aromatic carbocycles. The molecule has 1 heterocycles. The normalized spacial score (nSPS) is 18.1. The summed E-state index contributed by atoms with van der Waals surface area (Å²) in [4.78, 5) is 25.0. The van der Waals surface area contributed by atoms with Gasteiger partial charge in [0, 0.05) is 13.1 Å². The molecule has 120 valence electrons. The highest BCUT2D eigenvalue weighted by molar-refractivity contribution is 6.32. The third-order valence-electron chi connectivity index (χ3n) is 3.77. The first-order valence-corrected chi connectivity index (χ1v) is 7.81. The van der Waals surface area contributed by atoms with Crippen LogP contribution in [0.2, 0.25) is 5.02 Å². The number of likely N-dealkylation sites (tertiary alicyclic amines) is 1. The molecule has 22 heavy (non-hydrogen) atoms. The summed E-state index contributed by atoms with van der Waals surface area (Å²) in [7, 11) is 0. The van der Waals surface area contributed by atoms with E-state index in [9.17, 15) is 9.59 Å². The molecule has 0 bridgehead atoms. The van der Waals surface area contributed by atoms with Gasteiger partial charge in [-0.3, -0.25) is 9.59 Å². The van der Waals surface area contributed by atoms with E-state index in [1.807, 2.05) is 13.0 Å². The number of halogens is 1. The lowest BCUT2D eigenvalue weighted by Crippen LogP contribution is -2.42. The fourth-order valence-electron chi connectivity index (χ4n) is 2.62. The lowest BCUT2D eigenvalue weighted by atomic mass is 9.97. The number of carboxylic acids is 1. The predicted molar refractivity (Wildman–Crippen MR) is 83.3 cm³/mol. The zero-order chi connectivity index (χ0) is 16.1. The third-order valence-corrected chi connectivity index (χ3v) is 4.07. The van der Waals surface area contributed by atoms with Crippen LogP contribution in [0.4, 0.5) is 0 Å². The van der Waals surface area contributed by atoms with Crippen molar-refractivity contribution in [3.8, 4) is 5.75 Å². The Labute approximate surface area is 134 Å². The van der Waals surface area contributed by atoms with E-state index in [0.717, 1.165) is 12.0 Å². The van der Waals surface area contributed by atoms with Crippen molar-refractivity contribution < 1.29 is 19.4 Å². The van der Waals surface area contributed by atoms with E-state index in [1.165, 1.54) is 0 Å². The molecule has 1 aliphatic heterocycles. The van der Waals surface area contributed by atoms with Crippen LogP contribution >= 0.6 is 11.6 Å². The number of piperidine rings is 1. The van der Waals surface area contributed by atoms with Crippen LogP contribution in [0.3, 0.4) is 0 Å².